The highest BCUT2D eigenvalue weighted by molar-refractivity contribution is 6.02. The number of hydrogen-bond acceptors (Lipinski definition) is 19. The van der Waals surface area contributed by atoms with E-state index in [0.29, 0.717) is 42.4 Å². The molecule has 0 radical (unpaired) electrons. The Morgan fingerprint density at radius 2 is 0.620 bits per heavy atom. The standard InChI is InChI=1S/C110H159N21O19/c1-57(2)42-80(89-38-29-39-90(150-89)106(145)127-87(49-70-53-114-78-36-27-23-32-74(70)78)104(143)124-84(46-61(9)10)102(141)126-86(48-69-52-113-77-35-26-22-31-73(69)77)103(142)123-83(45-60(7)8)101(140)125-85(98(137)111-40-41-132)47-68-51-112-76-34-25-21-30-72(68)76)120-100(139)82(44-59(5)6)122-105(144)88(50-71-54-115-79-37-28-24-33-75(71)79)128-108(147)93(63(13)14)130-110(149)95(65(17)18)131-109(148)94(64(15)16)129-97(136)67(20)119-99(138)81(43-58(3)4)121-96(135)66(19)118-91(134)55-116-107(146)92(62(11)12)117-56-133/h21-28,30-37,51-54,56-67,80-90,92-95,112-115,132H,29,38-50,55H2,1-20H3,(H,111,137)(H,116,146)(H,117,133)(H,118,134)(H,119,138)(H,120,139)(H,121,135)(H,122,144)(H,123,142)(H,124,143)(H,125,140)(H,126,141)(H,127,145)(H,128,147)(H,129,136)(H,130,149)(H,131,148)/t66-,67-,80-,81+,82+,83+,84+,85-,86-,87-,88-,89-,90+,92-,93+,94+,95-/m0/s1. The van der Waals surface area contributed by atoms with Gasteiger partial charge in [0, 0.05) is 101 Å². The number of fused-ring (bicyclic) bond motifs is 4. The third-order valence-corrected chi connectivity index (χ3v) is 26.7. The van der Waals surface area contributed by atoms with E-state index < -0.39 is 222 Å². The van der Waals surface area contributed by atoms with Crippen molar-refractivity contribution in [3.63, 3.8) is 0 Å². The molecule has 4 aromatic carbocycles. The molecule has 0 spiro atoms. The maximum absolute atomic E-state index is 15.5. The summed E-state index contributed by atoms with van der Waals surface area (Å²) < 4.78 is 6.82. The first kappa shape index (κ1) is 119. The smallest absolute Gasteiger partial charge is 0.249 e. The molecule has 4 aromatic heterocycles. The quantitative estimate of drug-likeness (QED) is 0.0199. The van der Waals surface area contributed by atoms with Crippen molar-refractivity contribution in [1.29, 1.82) is 0 Å². The van der Waals surface area contributed by atoms with Crippen LogP contribution in [0.4, 0.5) is 0 Å². The third kappa shape index (κ3) is 35.0. The van der Waals surface area contributed by atoms with Gasteiger partial charge in [-0.15, -0.1) is 0 Å². The molecule has 17 amide bonds. The summed E-state index contributed by atoms with van der Waals surface area (Å²) in [5.41, 5.74) is 5.72. The lowest BCUT2D eigenvalue weighted by Crippen LogP contribution is -2.62. The van der Waals surface area contributed by atoms with Crippen LogP contribution in [-0.4, -0.2) is 248 Å². The Morgan fingerprint density at radius 3 is 0.980 bits per heavy atom. The van der Waals surface area contributed by atoms with E-state index in [0.717, 1.165) is 49.2 Å². The van der Waals surface area contributed by atoms with Gasteiger partial charge >= 0.3 is 0 Å². The predicted molar refractivity (Wildman–Crippen MR) is 572 cm³/mol. The van der Waals surface area contributed by atoms with Gasteiger partial charge in [0.2, 0.25) is 101 Å². The molecule has 1 aliphatic heterocycles. The monoisotopic (exact) mass is 2080 g/mol. The van der Waals surface area contributed by atoms with Gasteiger partial charge in [-0.1, -0.05) is 197 Å². The fourth-order valence-electron chi connectivity index (χ4n) is 18.7. The molecule has 22 N–H and O–H groups in total. The molecule has 5 heterocycles. The number of aliphatic hydroxyl groups excluding tert-OH is 1. The van der Waals surface area contributed by atoms with Crippen molar-refractivity contribution in [2.75, 3.05) is 19.7 Å². The minimum atomic E-state index is -1.41. The number of para-hydroxylation sites is 4. The number of carbonyl (C=O) groups is 17. The Labute approximate surface area is 877 Å². The fourth-order valence-corrected chi connectivity index (χ4v) is 18.7. The van der Waals surface area contributed by atoms with Gasteiger partial charge in [0.1, 0.15) is 90.7 Å². The Kier molecular flexibility index (Phi) is 45.5. The van der Waals surface area contributed by atoms with Crippen LogP contribution in [0.2, 0.25) is 0 Å². The Bertz CT molecular complexity index is 5950. The second-order valence-corrected chi connectivity index (χ2v) is 43.0. The molecule has 0 bridgehead atoms. The van der Waals surface area contributed by atoms with Crippen molar-refractivity contribution in [3.8, 4) is 0 Å². The molecule has 1 aliphatic rings. The van der Waals surface area contributed by atoms with Gasteiger partial charge in [-0.25, -0.2) is 0 Å². The van der Waals surface area contributed by atoms with Crippen LogP contribution < -0.4 is 90.4 Å². The number of benzene rings is 4. The molecule has 0 aliphatic carbocycles. The number of amides is 17. The van der Waals surface area contributed by atoms with Crippen LogP contribution in [-0.2, 0) is 112 Å². The highest BCUT2D eigenvalue weighted by Crippen LogP contribution is 2.30. The minimum absolute atomic E-state index is 0.0509. The molecule has 17 atom stereocenters. The molecule has 9 rings (SSSR count). The zero-order chi connectivity index (χ0) is 110. The lowest BCUT2D eigenvalue weighted by molar-refractivity contribution is -0.147. The van der Waals surface area contributed by atoms with E-state index in [1.807, 2.05) is 152 Å². The number of H-pyrrole nitrogens is 4. The van der Waals surface area contributed by atoms with Crippen LogP contribution in [0.15, 0.2) is 122 Å². The van der Waals surface area contributed by atoms with Crippen molar-refractivity contribution >= 4 is 145 Å². The first-order chi connectivity index (χ1) is 71.1. The topological polar surface area (TPSA) is 587 Å². The molecule has 0 unspecified atom stereocenters. The van der Waals surface area contributed by atoms with Gasteiger partial charge in [-0.05, 0) is 165 Å². The van der Waals surface area contributed by atoms with Crippen molar-refractivity contribution in [1.82, 2.24) is 110 Å². The van der Waals surface area contributed by atoms with Gasteiger partial charge in [-0.2, -0.15) is 0 Å². The second-order valence-electron chi connectivity index (χ2n) is 43.0. The molecule has 40 heteroatoms. The number of hydrogen-bond donors (Lipinski definition) is 22. The summed E-state index contributed by atoms with van der Waals surface area (Å²) in [5.74, 6) is -14.5. The normalized spacial score (nSPS) is 16.3. The molecular weight excluding hydrogens is 1920 g/mol. The molecule has 150 heavy (non-hydrogen) atoms. The van der Waals surface area contributed by atoms with Gasteiger partial charge in [0.25, 0.3) is 0 Å². The summed E-state index contributed by atoms with van der Waals surface area (Å²) in [6, 6.07) is 11.2. The van der Waals surface area contributed by atoms with E-state index in [9.17, 15) is 53.1 Å². The summed E-state index contributed by atoms with van der Waals surface area (Å²) in [7, 11) is 0. The second kappa shape index (κ2) is 57.1. The predicted octanol–water partition coefficient (Wildman–Crippen LogP) is 5.84. The van der Waals surface area contributed by atoms with E-state index in [-0.39, 0.29) is 106 Å². The van der Waals surface area contributed by atoms with Crippen LogP contribution in [0.3, 0.4) is 0 Å². The van der Waals surface area contributed by atoms with Gasteiger partial charge in [0.15, 0.2) is 0 Å². The van der Waals surface area contributed by atoms with Gasteiger partial charge < -0.3 is 120 Å². The van der Waals surface area contributed by atoms with E-state index in [2.05, 4.69) is 110 Å². The van der Waals surface area contributed by atoms with Crippen molar-refractivity contribution in [2.45, 2.75) is 318 Å². The Hall–Kier alpha value is -14.1. The third-order valence-electron chi connectivity index (χ3n) is 26.7. The molecule has 818 valence electrons. The molecular formula is C110H159N21O19. The lowest BCUT2D eigenvalue weighted by Gasteiger charge is -2.37. The summed E-state index contributed by atoms with van der Waals surface area (Å²) >= 11 is 0. The number of aromatic nitrogens is 4. The van der Waals surface area contributed by atoms with E-state index in [4.69, 9.17) is 4.74 Å². The van der Waals surface area contributed by atoms with Crippen LogP contribution >= 0.6 is 0 Å². The van der Waals surface area contributed by atoms with Crippen molar-refractivity contribution in [2.24, 2.45) is 53.3 Å². The minimum Gasteiger partial charge on any atom is -0.395 e. The van der Waals surface area contributed by atoms with Crippen molar-refractivity contribution in [3.05, 3.63) is 144 Å². The first-order valence-electron chi connectivity index (χ1n) is 52.6. The van der Waals surface area contributed by atoms with Gasteiger partial charge in [-0.3, -0.25) is 81.5 Å². The number of ether oxygens (including phenoxy) is 1. The molecule has 1 saturated heterocycles. The Balaban J connectivity index is 0.890. The highest BCUT2D eigenvalue weighted by atomic mass is 16.5. The number of carbonyl (C=O) groups excluding carboxylic acids is 17. The number of rotatable bonds is 58. The largest absolute Gasteiger partial charge is 0.395 e. The molecule has 1 fully saturated rings. The van der Waals surface area contributed by atoms with E-state index in [1.54, 1.807) is 94.0 Å². The first-order valence-corrected chi connectivity index (χ1v) is 52.6. The maximum Gasteiger partial charge on any atom is 0.249 e. The zero-order valence-electron chi connectivity index (χ0n) is 90.0. The maximum atomic E-state index is 15.5. The summed E-state index contributed by atoms with van der Waals surface area (Å²) in [5, 5.41) is 60.2. The van der Waals surface area contributed by atoms with Crippen LogP contribution in [0, 0.1) is 53.3 Å². The van der Waals surface area contributed by atoms with Crippen molar-refractivity contribution < 1.29 is 91.4 Å². The molecule has 8 aromatic rings. The lowest BCUT2D eigenvalue weighted by atomic mass is 9.92. The Morgan fingerprint density at radius 1 is 0.320 bits per heavy atom. The number of aliphatic hydroxyl groups is 1. The summed E-state index contributed by atoms with van der Waals surface area (Å²) in [6.45, 7) is 34.0. The summed E-state index contributed by atoms with van der Waals surface area (Å²) in [4.78, 5) is 257. The number of nitrogens with one attached hydrogen (secondary N) is 21. The van der Waals surface area contributed by atoms with Crippen LogP contribution in [0.5, 0.6) is 0 Å². The van der Waals surface area contributed by atoms with Crippen LogP contribution in [0.1, 0.15) is 212 Å². The average molecular weight is 2080 g/mol. The molecule has 0 saturated carbocycles. The number of aromatic amines is 4. The highest BCUT2D eigenvalue weighted by Gasteiger charge is 2.43. The summed E-state index contributed by atoms with van der Waals surface area (Å²) in [6.07, 6.45) is 6.80. The zero-order valence-corrected chi connectivity index (χ0v) is 90.0. The molecule has 40 nitrogen and oxygen atoms in total. The van der Waals surface area contributed by atoms with E-state index >= 15 is 33.6 Å². The van der Waals surface area contributed by atoms with Gasteiger partial charge in [0.05, 0.1) is 25.3 Å². The van der Waals surface area contributed by atoms with Crippen LogP contribution in [0.25, 0.3) is 43.6 Å². The van der Waals surface area contributed by atoms with E-state index in [1.165, 1.54) is 13.8 Å². The fraction of sp³-hybridized carbons (Fsp3) is 0.555. The average Bonchev–Trinajstić information content (AvgIpc) is 1.71. The SMILES string of the molecule is CC(C)C[C@H](NC(=O)[C@@H](CC(C)C)NC(=O)[C@H](Cc1c[nH]c2ccccc12)NC(=O)[C@H](NC(=O)[C@@H](NC(=O)[C@H](NC(=O)[C@H](C)NC(=O)[C@@H](CC(C)C)NC(=O)[C@H](C)NC(=O)CNC(=O)[C@@H](NC=O)C(C)C)C(C)C)C(C)C)C(C)C)[C@@H]1CCC[C@H](C(=O)N[C@@H](Cc2c[nH]c3ccccc23)C(=O)N[C@H](CC(C)C)C(=O)N[C@@H](Cc2c[nH]c3ccccc23)C(=O)N[C@H](CC(C)C)C(=O)N[C@@H](Cc2c[nH]c3ccccc23)C(=O)NCCO)O1.